The molecule has 0 aromatic rings. The van der Waals surface area contributed by atoms with Gasteiger partial charge < -0.3 is 15.7 Å². The van der Waals surface area contributed by atoms with Gasteiger partial charge in [-0.05, 0) is 12.8 Å². The van der Waals surface area contributed by atoms with Crippen molar-refractivity contribution in [3.05, 3.63) is 0 Å². The van der Waals surface area contributed by atoms with Gasteiger partial charge in [-0.2, -0.15) is 0 Å². The second-order valence-corrected chi connectivity index (χ2v) is 3.72. The Labute approximate surface area is 96.6 Å². The molecule has 3 N–H and O–H groups in total. The van der Waals surface area contributed by atoms with Crippen molar-refractivity contribution in [2.75, 3.05) is 13.2 Å². The number of aliphatic hydroxyl groups excluding tert-OH is 1. The number of hydrogen-bond donors (Lipinski definition) is 3. The molecule has 0 saturated heterocycles. The maximum atomic E-state index is 11.3. The number of aliphatic hydroxyl groups is 1. The minimum Gasteiger partial charge on any atom is -0.394 e. The zero-order valence-corrected chi connectivity index (χ0v) is 10.1. The number of nitrogens with one attached hydrogen (secondary N) is 2. The Morgan fingerprint density at radius 1 is 1.19 bits per heavy atom. The molecule has 2 amide bonds. The highest BCUT2D eigenvalue weighted by atomic mass is 16.3. The predicted octanol–water partition coefficient (Wildman–Crippen LogP) is 0.180. The summed E-state index contributed by atoms with van der Waals surface area (Å²) in [5.41, 5.74) is 0. The van der Waals surface area contributed by atoms with Crippen LogP contribution in [-0.4, -0.2) is 36.1 Å². The summed E-state index contributed by atoms with van der Waals surface area (Å²) in [6.45, 7) is 4.28. The van der Waals surface area contributed by atoms with Crippen molar-refractivity contribution < 1.29 is 14.7 Å². The molecule has 0 aliphatic heterocycles. The van der Waals surface area contributed by atoms with Crippen molar-refractivity contribution in [1.82, 2.24) is 10.6 Å². The van der Waals surface area contributed by atoms with Crippen molar-refractivity contribution >= 4 is 11.8 Å². The third-order valence-corrected chi connectivity index (χ3v) is 2.32. The molecule has 1 atom stereocenters. The molecule has 5 heteroatoms. The molecular formula is C11H22N2O3. The highest BCUT2D eigenvalue weighted by Gasteiger charge is 2.16. The summed E-state index contributed by atoms with van der Waals surface area (Å²) >= 11 is 0. The maximum absolute atomic E-state index is 11.3. The van der Waals surface area contributed by atoms with E-state index in [4.69, 9.17) is 5.11 Å². The van der Waals surface area contributed by atoms with Crippen LogP contribution in [0, 0.1) is 0 Å². The molecule has 0 spiro atoms. The molecule has 0 bridgehead atoms. The minimum absolute atomic E-state index is 0.147. The van der Waals surface area contributed by atoms with Crippen molar-refractivity contribution in [2.24, 2.45) is 0 Å². The number of amides is 2. The van der Waals surface area contributed by atoms with Crippen LogP contribution in [0.25, 0.3) is 0 Å². The van der Waals surface area contributed by atoms with Gasteiger partial charge in [0.25, 0.3) is 0 Å². The average Bonchev–Trinajstić information content (AvgIpc) is 2.30. The lowest BCUT2D eigenvalue weighted by Gasteiger charge is -2.13. The van der Waals surface area contributed by atoms with Crippen molar-refractivity contribution in [1.29, 1.82) is 0 Å². The molecule has 1 unspecified atom stereocenters. The molecule has 0 aromatic carbocycles. The highest BCUT2D eigenvalue weighted by molar-refractivity contribution is 6.35. The lowest BCUT2D eigenvalue weighted by atomic mass is 10.2. The van der Waals surface area contributed by atoms with Crippen LogP contribution in [0.1, 0.15) is 39.5 Å². The molecule has 0 heterocycles. The second-order valence-electron chi connectivity index (χ2n) is 3.72. The van der Waals surface area contributed by atoms with E-state index in [2.05, 4.69) is 17.6 Å². The number of carbonyl (C=O) groups excluding carboxylic acids is 2. The Bertz CT molecular complexity index is 215. The summed E-state index contributed by atoms with van der Waals surface area (Å²) < 4.78 is 0. The molecule has 0 aliphatic rings. The fourth-order valence-corrected chi connectivity index (χ4v) is 1.18. The summed E-state index contributed by atoms with van der Waals surface area (Å²) in [5.74, 6) is -1.29. The van der Waals surface area contributed by atoms with Crippen molar-refractivity contribution in [2.45, 2.75) is 45.6 Å². The second kappa shape index (κ2) is 9.15. The normalized spacial score (nSPS) is 11.9. The first kappa shape index (κ1) is 14.9. The molecule has 0 radical (unpaired) electrons. The average molecular weight is 230 g/mol. The van der Waals surface area contributed by atoms with Crippen molar-refractivity contribution in [3.63, 3.8) is 0 Å². The molecule has 0 rings (SSSR count). The number of rotatable bonds is 7. The number of carbonyl (C=O) groups is 2. The molecule has 16 heavy (non-hydrogen) atoms. The van der Waals surface area contributed by atoms with Crippen LogP contribution in [-0.2, 0) is 9.59 Å². The van der Waals surface area contributed by atoms with Gasteiger partial charge in [-0.3, -0.25) is 9.59 Å². The summed E-state index contributed by atoms with van der Waals surface area (Å²) in [7, 11) is 0. The number of unbranched alkanes of at least 4 members (excludes halogenated alkanes) is 2. The minimum atomic E-state index is -0.669. The largest absolute Gasteiger partial charge is 0.394 e. The third-order valence-electron chi connectivity index (χ3n) is 2.32. The lowest BCUT2D eigenvalue weighted by molar-refractivity contribution is -0.139. The molecule has 0 aromatic heterocycles. The van der Waals surface area contributed by atoms with E-state index in [0.717, 1.165) is 19.3 Å². The summed E-state index contributed by atoms with van der Waals surface area (Å²) in [4.78, 5) is 22.6. The van der Waals surface area contributed by atoms with Crippen LogP contribution in [0.15, 0.2) is 0 Å². The van der Waals surface area contributed by atoms with E-state index in [0.29, 0.717) is 13.0 Å². The Balaban J connectivity index is 3.77. The smallest absolute Gasteiger partial charge is 0.309 e. The maximum Gasteiger partial charge on any atom is 0.309 e. The van der Waals surface area contributed by atoms with Gasteiger partial charge in [-0.1, -0.05) is 26.7 Å². The third kappa shape index (κ3) is 6.40. The Morgan fingerprint density at radius 2 is 1.88 bits per heavy atom. The molecule has 94 valence electrons. The van der Waals surface area contributed by atoms with E-state index in [1.807, 2.05) is 6.92 Å². The first-order valence-corrected chi connectivity index (χ1v) is 5.85. The molecule has 0 saturated carbocycles. The van der Waals surface area contributed by atoms with E-state index in [-0.39, 0.29) is 12.6 Å². The van der Waals surface area contributed by atoms with Gasteiger partial charge in [0, 0.05) is 6.54 Å². The topological polar surface area (TPSA) is 78.4 Å². The highest BCUT2D eigenvalue weighted by Crippen LogP contribution is 1.91. The van der Waals surface area contributed by atoms with Crippen LogP contribution in [0.5, 0.6) is 0 Å². The first-order chi connectivity index (χ1) is 7.65. The van der Waals surface area contributed by atoms with Crippen LogP contribution >= 0.6 is 0 Å². The van der Waals surface area contributed by atoms with Gasteiger partial charge in [-0.15, -0.1) is 0 Å². The van der Waals surface area contributed by atoms with Crippen LogP contribution in [0.3, 0.4) is 0 Å². The monoisotopic (exact) mass is 230 g/mol. The van der Waals surface area contributed by atoms with Gasteiger partial charge >= 0.3 is 11.8 Å². The standard InChI is InChI=1S/C11H22N2O3/c1-3-5-6-7-12-10(15)11(16)13-9(4-2)8-14/h9,14H,3-8H2,1-2H3,(H,12,15)(H,13,16). The predicted molar refractivity (Wildman–Crippen MR) is 61.8 cm³/mol. The van der Waals surface area contributed by atoms with E-state index in [1.54, 1.807) is 0 Å². The van der Waals surface area contributed by atoms with E-state index in [9.17, 15) is 9.59 Å². The summed E-state index contributed by atoms with van der Waals surface area (Å²) in [6.07, 6.45) is 3.60. The van der Waals surface area contributed by atoms with Gasteiger partial charge in [0.15, 0.2) is 0 Å². The Kier molecular flexibility index (Phi) is 8.52. The van der Waals surface area contributed by atoms with Crippen molar-refractivity contribution in [3.8, 4) is 0 Å². The molecular weight excluding hydrogens is 208 g/mol. The van der Waals surface area contributed by atoms with E-state index >= 15 is 0 Å². The van der Waals surface area contributed by atoms with Crippen LogP contribution in [0.2, 0.25) is 0 Å². The van der Waals surface area contributed by atoms with Crippen LogP contribution < -0.4 is 10.6 Å². The first-order valence-electron chi connectivity index (χ1n) is 5.85. The fourth-order valence-electron chi connectivity index (χ4n) is 1.18. The number of hydrogen-bond acceptors (Lipinski definition) is 3. The molecule has 5 nitrogen and oxygen atoms in total. The zero-order valence-electron chi connectivity index (χ0n) is 10.1. The lowest BCUT2D eigenvalue weighted by Crippen LogP contribution is -2.45. The van der Waals surface area contributed by atoms with Gasteiger partial charge in [0.1, 0.15) is 0 Å². The van der Waals surface area contributed by atoms with E-state index < -0.39 is 11.8 Å². The van der Waals surface area contributed by atoms with Crippen LogP contribution in [0.4, 0.5) is 0 Å². The Hall–Kier alpha value is -1.10. The molecule has 0 fully saturated rings. The SMILES string of the molecule is CCCCCNC(=O)C(=O)NC(CC)CO. The Morgan fingerprint density at radius 3 is 2.38 bits per heavy atom. The summed E-state index contributed by atoms with van der Waals surface area (Å²) in [6, 6.07) is -0.339. The zero-order chi connectivity index (χ0) is 12.4. The fraction of sp³-hybridized carbons (Fsp3) is 0.818. The summed E-state index contributed by atoms with van der Waals surface area (Å²) in [5, 5.41) is 13.9. The quantitative estimate of drug-likeness (QED) is 0.431. The van der Waals surface area contributed by atoms with E-state index in [1.165, 1.54) is 0 Å². The van der Waals surface area contributed by atoms with Gasteiger partial charge in [0.05, 0.1) is 12.6 Å². The van der Waals surface area contributed by atoms with Gasteiger partial charge in [0.2, 0.25) is 0 Å². The molecule has 0 aliphatic carbocycles. The van der Waals surface area contributed by atoms with Gasteiger partial charge in [-0.25, -0.2) is 0 Å².